The Labute approximate surface area is 174 Å². The van der Waals surface area contributed by atoms with Gasteiger partial charge in [0.1, 0.15) is 17.6 Å². The number of ether oxygens (including phenoxy) is 1. The van der Waals surface area contributed by atoms with Crippen molar-refractivity contribution < 1.29 is 33.0 Å². The van der Waals surface area contributed by atoms with Crippen molar-refractivity contribution in [3.63, 3.8) is 0 Å². The second-order valence-electron chi connectivity index (χ2n) is 6.28. The molecule has 30 heavy (non-hydrogen) atoms. The fraction of sp³-hybridized carbons (Fsp3) is 0.316. The molecule has 0 aliphatic heterocycles. The highest BCUT2D eigenvalue weighted by Gasteiger charge is 2.27. The summed E-state index contributed by atoms with van der Waals surface area (Å²) in [4.78, 5) is 25.8. The van der Waals surface area contributed by atoms with Crippen molar-refractivity contribution in [2.45, 2.75) is 30.2 Å². The predicted molar refractivity (Wildman–Crippen MR) is 108 cm³/mol. The van der Waals surface area contributed by atoms with Crippen LogP contribution >= 0.6 is 0 Å². The molecule has 162 valence electrons. The molecule has 0 bridgehead atoms. The van der Waals surface area contributed by atoms with Crippen molar-refractivity contribution in [3.05, 3.63) is 48.7 Å². The zero-order valence-corrected chi connectivity index (χ0v) is 16.8. The topological polar surface area (TPSA) is 155 Å². The van der Waals surface area contributed by atoms with E-state index in [0.717, 1.165) is 18.7 Å². The van der Waals surface area contributed by atoms with Crippen molar-refractivity contribution in [1.82, 2.24) is 9.71 Å². The summed E-state index contributed by atoms with van der Waals surface area (Å²) in [6.45, 7) is 1.07. The number of unbranched alkanes of at least 4 members (excludes halogenated alkanes) is 1. The van der Waals surface area contributed by atoms with Crippen molar-refractivity contribution in [1.29, 1.82) is 0 Å². The van der Waals surface area contributed by atoms with Gasteiger partial charge in [-0.2, -0.15) is 4.72 Å². The van der Waals surface area contributed by atoms with Gasteiger partial charge in [-0.3, -0.25) is 9.59 Å². The zero-order valence-electron chi connectivity index (χ0n) is 16.0. The molecular formula is C19H23N3O7S. The monoisotopic (exact) mass is 437 g/mol. The Hall–Kier alpha value is -3.18. The number of hydrogen-bond acceptors (Lipinski definition) is 7. The third-order valence-corrected chi connectivity index (χ3v) is 5.37. The number of rotatable bonds is 13. The summed E-state index contributed by atoms with van der Waals surface area (Å²) in [5.41, 5.74) is 0. The van der Waals surface area contributed by atoms with Crippen LogP contribution in [0.2, 0.25) is 0 Å². The van der Waals surface area contributed by atoms with Crippen LogP contribution in [-0.2, 0) is 19.6 Å². The molecule has 0 amide bonds. The van der Waals surface area contributed by atoms with Gasteiger partial charge in [0, 0.05) is 18.8 Å². The molecule has 1 heterocycles. The molecule has 1 unspecified atom stereocenters. The number of carboxylic acids is 2. The second kappa shape index (κ2) is 11.1. The van der Waals surface area contributed by atoms with Crippen LogP contribution in [0.1, 0.15) is 19.3 Å². The van der Waals surface area contributed by atoms with E-state index in [2.05, 4.69) is 10.3 Å². The van der Waals surface area contributed by atoms with E-state index in [0.29, 0.717) is 18.9 Å². The quantitative estimate of drug-likeness (QED) is 0.342. The average Bonchev–Trinajstić information content (AvgIpc) is 2.70. The standard InChI is InChI=1S/C19H23N3O7S/c23-18(24)13-16(19(25)26)22-30(27,28)15-7-5-6-14(12-15)29-11-4-3-10-21-17-8-1-2-9-20-17/h1-2,5-9,12,16,22H,3-4,10-11,13H2,(H,20,21)(H,23,24)(H,25,26). The number of anilines is 1. The zero-order chi connectivity index (χ0) is 22.0. The smallest absolute Gasteiger partial charge is 0.322 e. The van der Waals surface area contributed by atoms with Crippen LogP contribution in [0.25, 0.3) is 0 Å². The van der Waals surface area contributed by atoms with E-state index in [9.17, 15) is 18.0 Å². The number of hydrogen-bond donors (Lipinski definition) is 4. The van der Waals surface area contributed by atoms with Crippen molar-refractivity contribution in [3.8, 4) is 5.75 Å². The number of nitrogens with one attached hydrogen (secondary N) is 2. The highest BCUT2D eigenvalue weighted by Crippen LogP contribution is 2.18. The van der Waals surface area contributed by atoms with Crippen LogP contribution < -0.4 is 14.8 Å². The summed E-state index contributed by atoms with van der Waals surface area (Å²) in [6, 6.07) is 9.37. The first-order valence-corrected chi connectivity index (χ1v) is 10.6. The lowest BCUT2D eigenvalue weighted by Gasteiger charge is -2.14. The number of carboxylic acid groups (broad SMARTS) is 2. The summed E-state index contributed by atoms with van der Waals surface area (Å²) < 4.78 is 32.2. The molecule has 1 aromatic heterocycles. The normalized spacial score (nSPS) is 12.1. The number of benzene rings is 1. The molecule has 4 N–H and O–H groups in total. The lowest BCUT2D eigenvalue weighted by Crippen LogP contribution is -2.42. The van der Waals surface area contributed by atoms with Gasteiger partial charge in [0.2, 0.25) is 10.0 Å². The molecular weight excluding hydrogens is 414 g/mol. The largest absolute Gasteiger partial charge is 0.494 e. The van der Waals surface area contributed by atoms with Crippen LogP contribution in [0.3, 0.4) is 0 Å². The average molecular weight is 437 g/mol. The molecule has 1 atom stereocenters. The minimum absolute atomic E-state index is 0.214. The van der Waals surface area contributed by atoms with Crippen LogP contribution in [0.4, 0.5) is 5.82 Å². The molecule has 0 spiro atoms. The van der Waals surface area contributed by atoms with Gasteiger partial charge in [0.25, 0.3) is 0 Å². The van der Waals surface area contributed by atoms with Crippen molar-refractivity contribution in [2.24, 2.45) is 0 Å². The summed E-state index contributed by atoms with van der Waals surface area (Å²) >= 11 is 0. The molecule has 10 nitrogen and oxygen atoms in total. The molecule has 0 saturated heterocycles. The van der Waals surface area contributed by atoms with Gasteiger partial charge in [0.15, 0.2) is 0 Å². The fourth-order valence-corrected chi connectivity index (χ4v) is 3.67. The maximum Gasteiger partial charge on any atom is 0.322 e. The van der Waals surface area contributed by atoms with Gasteiger partial charge >= 0.3 is 11.9 Å². The van der Waals surface area contributed by atoms with Gasteiger partial charge in [-0.25, -0.2) is 13.4 Å². The molecule has 2 aromatic rings. The lowest BCUT2D eigenvalue weighted by molar-refractivity contribution is -0.145. The SMILES string of the molecule is O=C(O)CC(NS(=O)(=O)c1cccc(OCCCCNc2ccccn2)c1)C(=O)O. The van der Waals surface area contributed by atoms with Crippen LogP contribution in [-0.4, -0.2) is 54.7 Å². The molecule has 11 heteroatoms. The first kappa shape index (κ1) is 23.1. The van der Waals surface area contributed by atoms with Gasteiger partial charge in [-0.1, -0.05) is 12.1 Å². The Morgan fingerprint density at radius 3 is 2.57 bits per heavy atom. The number of pyridine rings is 1. The molecule has 2 rings (SSSR count). The van der Waals surface area contributed by atoms with Crippen LogP contribution in [0, 0.1) is 0 Å². The third-order valence-electron chi connectivity index (χ3n) is 3.90. The van der Waals surface area contributed by atoms with Gasteiger partial charge in [0.05, 0.1) is 17.9 Å². The fourth-order valence-electron chi connectivity index (χ4n) is 2.44. The number of nitrogens with zero attached hydrogens (tertiary/aromatic N) is 1. The van der Waals surface area contributed by atoms with E-state index in [1.807, 2.05) is 22.9 Å². The number of aromatic nitrogens is 1. The minimum atomic E-state index is -4.23. The highest BCUT2D eigenvalue weighted by molar-refractivity contribution is 7.89. The van der Waals surface area contributed by atoms with Crippen LogP contribution in [0.5, 0.6) is 5.75 Å². The minimum Gasteiger partial charge on any atom is -0.494 e. The third kappa shape index (κ3) is 7.68. The number of carbonyl (C=O) groups is 2. The van der Waals surface area contributed by atoms with E-state index in [1.165, 1.54) is 18.2 Å². The number of sulfonamides is 1. The first-order valence-electron chi connectivity index (χ1n) is 9.12. The molecule has 0 aliphatic rings. The molecule has 0 saturated carbocycles. The van der Waals surface area contributed by atoms with E-state index in [1.54, 1.807) is 12.3 Å². The predicted octanol–water partition coefficient (Wildman–Crippen LogP) is 1.56. The Morgan fingerprint density at radius 2 is 1.90 bits per heavy atom. The highest BCUT2D eigenvalue weighted by atomic mass is 32.2. The summed E-state index contributed by atoms with van der Waals surface area (Å²) in [6.07, 6.45) is 2.35. The molecule has 0 radical (unpaired) electrons. The first-order chi connectivity index (χ1) is 14.3. The van der Waals surface area contributed by atoms with Gasteiger partial charge in [-0.05, 0) is 37.1 Å². The van der Waals surface area contributed by atoms with Crippen molar-refractivity contribution in [2.75, 3.05) is 18.5 Å². The van der Waals surface area contributed by atoms with Gasteiger partial charge < -0.3 is 20.3 Å². The molecule has 1 aromatic carbocycles. The van der Waals surface area contributed by atoms with E-state index in [-0.39, 0.29) is 4.90 Å². The summed E-state index contributed by atoms with van der Waals surface area (Å²) in [5.74, 6) is -1.92. The van der Waals surface area contributed by atoms with E-state index < -0.39 is 34.4 Å². The Bertz CT molecular complexity index is 952. The lowest BCUT2D eigenvalue weighted by atomic mass is 10.2. The Morgan fingerprint density at radius 1 is 1.10 bits per heavy atom. The maximum atomic E-state index is 12.4. The Balaban J connectivity index is 1.85. The summed E-state index contributed by atoms with van der Waals surface area (Å²) in [5, 5.41) is 20.9. The molecule has 0 aliphatic carbocycles. The molecule has 0 fully saturated rings. The second-order valence-corrected chi connectivity index (χ2v) is 8.00. The van der Waals surface area contributed by atoms with Crippen LogP contribution in [0.15, 0.2) is 53.6 Å². The van der Waals surface area contributed by atoms with Crippen molar-refractivity contribution >= 4 is 27.8 Å². The van der Waals surface area contributed by atoms with Gasteiger partial charge in [-0.15, -0.1) is 0 Å². The maximum absolute atomic E-state index is 12.4. The number of aliphatic carboxylic acids is 2. The van der Waals surface area contributed by atoms with E-state index in [4.69, 9.17) is 14.9 Å². The Kier molecular flexibility index (Phi) is 8.56. The summed E-state index contributed by atoms with van der Waals surface area (Å²) in [7, 11) is -4.23. The van der Waals surface area contributed by atoms with E-state index >= 15 is 0 Å².